The third kappa shape index (κ3) is 5.61. The highest BCUT2D eigenvalue weighted by atomic mass is 13.9. The lowest BCUT2D eigenvalue weighted by molar-refractivity contribution is 0.794. The van der Waals surface area contributed by atoms with Crippen molar-refractivity contribution in [1.82, 2.24) is 0 Å². The summed E-state index contributed by atoms with van der Waals surface area (Å²) in [7, 11) is 0. The van der Waals surface area contributed by atoms with Gasteiger partial charge in [-0.2, -0.15) is 0 Å². The number of allylic oxidation sites excluding steroid dienone is 2. The second-order valence-corrected chi connectivity index (χ2v) is 2.37. The molecule has 0 aliphatic rings. The Labute approximate surface area is 59.0 Å². The zero-order valence-electron chi connectivity index (χ0n) is 6.61. The van der Waals surface area contributed by atoms with Crippen LogP contribution in [0.3, 0.4) is 0 Å². The van der Waals surface area contributed by atoms with Gasteiger partial charge in [-0.3, -0.25) is 0 Å². The summed E-state index contributed by atoms with van der Waals surface area (Å²) < 4.78 is 0. The standard InChI is InChI=1S/C9H17/c1-4-6-8-9(3)7-5-2/h7H,3-6,8H2,1-2H3. The highest BCUT2D eigenvalue weighted by Gasteiger charge is 1.85. The van der Waals surface area contributed by atoms with Crippen molar-refractivity contribution in [3.8, 4) is 0 Å². The van der Waals surface area contributed by atoms with Crippen molar-refractivity contribution in [2.45, 2.75) is 39.5 Å². The van der Waals surface area contributed by atoms with Gasteiger partial charge in [-0.15, -0.1) is 0 Å². The summed E-state index contributed by atoms with van der Waals surface area (Å²) in [5.41, 5.74) is 1.30. The van der Waals surface area contributed by atoms with Crippen LogP contribution in [0.5, 0.6) is 0 Å². The van der Waals surface area contributed by atoms with Gasteiger partial charge in [0.15, 0.2) is 0 Å². The van der Waals surface area contributed by atoms with Crippen molar-refractivity contribution in [3.05, 3.63) is 18.6 Å². The van der Waals surface area contributed by atoms with E-state index in [1.165, 1.54) is 24.8 Å². The van der Waals surface area contributed by atoms with Crippen LogP contribution in [-0.2, 0) is 0 Å². The smallest absolute Gasteiger partial charge is 0.0283 e. The zero-order valence-corrected chi connectivity index (χ0v) is 6.61. The maximum atomic E-state index is 3.93. The number of hydrogen-bond donors (Lipinski definition) is 0. The third-order valence-corrected chi connectivity index (χ3v) is 1.34. The molecule has 0 unspecified atom stereocenters. The Hall–Kier alpha value is -0.260. The topological polar surface area (TPSA) is 0 Å². The Morgan fingerprint density at radius 1 is 1.44 bits per heavy atom. The van der Waals surface area contributed by atoms with Crippen LogP contribution in [0.1, 0.15) is 39.5 Å². The first-order valence-corrected chi connectivity index (χ1v) is 3.82. The van der Waals surface area contributed by atoms with E-state index in [4.69, 9.17) is 0 Å². The molecule has 0 fully saturated rings. The third-order valence-electron chi connectivity index (χ3n) is 1.34. The summed E-state index contributed by atoms with van der Waals surface area (Å²) >= 11 is 0. The van der Waals surface area contributed by atoms with Gasteiger partial charge in [0.2, 0.25) is 0 Å². The fourth-order valence-corrected chi connectivity index (χ4v) is 0.795. The Kier molecular flexibility index (Phi) is 5.70. The summed E-state index contributed by atoms with van der Waals surface area (Å²) in [4.78, 5) is 0. The lowest BCUT2D eigenvalue weighted by Gasteiger charge is -1.96. The molecule has 0 nitrogen and oxygen atoms in total. The van der Waals surface area contributed by atoms with Crippen LogP contribution >= 0.6 is 0 Å². The van der Waals surface area contributed by atoms with Gasteiger partial charge in [0, 0.05) is 0 Å². The molecule has 0 rings (SSSR count). The minimum Gasteiger partial charge on any atom is -0.0856 e. The van der Waals surface area contributed by atoms with Crippen molar-refractivity contribution >= 4 is 0 Å². The van der Waals surface area contributed by atoms with Crippen LogP contribution in [-0.4, -0.2) is 0 Å². The number of hydrogen-bond acceptors (Lipinski definition) is 0. The van der Waals surface area contributed by atoms with E-state index in [0.717, 1.165) is 6.42 Å². The summed E-state index contributed by atoms with van der Waals surface area (Å²) in [6.45, 7) is 8.28. The fourth-order valence-electron chi connectivity index (χ4n) is 0.795. The minimum atomic E-state index is 1.13. The average molecular weight is 125 g/mol. The minimum absolute atomic E-state index is 1.13. The molecule has 53 valence electrons. The molecule has 0 heteroatoms. The SMILES string of the molecule is [CH2]C(=CCC)CCCC. The summed E-state index contributed by atoms with van der Waals surface area (Å²) in [5.74, 6) is 0. The molecule has 9 heavy (non-hydrogen) atoms. The van der Waals surface area contributed by atoms with Crippen molar-refractivity contribution in [2.24, 2.45) is 0 Å². The van der Waals surface area contributed by atoms with Crippen LogP contribution < -0.4 is 0 Å². The molecule has 0 amide bonds. The Balaban J connectivity index is 3.25. The van der Waals surface area contributed by atoms with Gasteiger partial charge in [-0.05, 0) is 26.2 Å². The largest absolute Gasteiger partial charge is 0.0856 e. The van der Waals surface area contributed by atoms with Crippen molar-refractivity contribution in [2.75, 3.05) is 0 Å². The van der Waals surface area contributed by atoms with Gasteiger partial charge < -0.3 is 0 Å². The monoisotopic (exact) mass is 125 g/mol. The first-order valence-electron chi connectivity index (χ1n) is 3.82. The van der Waals surface area contributed by atoms with Crippen LogP contribution in [0, 0.1) is 6.92 Å². The zero-order chi connectivity index (χ0) is 7.11. The van der Waals surface area contributed by atoms with Crippen LogP contribution in [0.25, 0.3) is 0 Å². The predicted molar refractivity (Wildman–Crippen MR) is 43.3 cm³/mol. The van der Waals surface area contributed by atoms with Crippen LogP contribution in [0.15, 0.2) is 11.6 Å². The van der Waals surface area contributed by atoms with E-state index in [-0.39, 0.29) is 0 Å². The average Bonchev–Trinajstić information content (AvgIpc) is 1.85. The fraction of sp³-hybridized carbons (Fsp3) is 0.667. The van der Waals surface area contributed by atoms with E-state index in [0.29, 0.717) is 0 Å². The Morgan fingerprint density at radius 2 is 2.11 bits per heavy atom. The predicted octanol–water partition coefficient (Wildman–Crippen LogP) is 3.35. The maximum absolute atomic E-state index is 3.93. The number of unbranched alkanes of at least 4 members (excludes halogenated alkanes) is 1. The summed E-state index contributed by atoms with van der Waals surface area (Å²) in [6.07, 6.45) is 7.08. The second kappa shape index (κ2) is 5.87. The molecule has 0 spiro atoms. The highest BCUT2D eigenvalue weighted by Crippen LogP contribution is 2.05. The molecule has 1 radical (unpaired) electrons. The molecular weight excluding hydrogens is 108 g/mol. The molecular formula is C9H17. The molecule has 0 aromatic carbocycles. The van der Waals surface area contributed by atoms with Gasteiger partial charge >= 0.3 is 0 Å². The van der Waals surface area contributed by atoms with E-state index in [9.17, 15) is 0 Å². The summed E-state index contributed by atoms with van der Waals surface area (Å²) in [6, 6.07) is 0. The molecule has 0 aromatic rings. The van der Waals surface area contributed by atoms with E-state index in [2.05, 4.69) is 26.8 Å². The van der Waals surface area contributed by atoms with Crippen molar-refractivity contribution < 1.29 is 0 Å². The van der Waals surface area contributed by atoms with Crippen LogP contribution in [0.2, 0.25) is 0 Å². The molecule has 0 aliphatic carbocycles. The molecule has 0 saturated heterocycles. The van der Waals surface area contributed by atoms with Gasteiger partial charge in [0.1, 0.15) is 0 Å². The van der Waals surface area contributed by atoms with Crippen molar-refractivity contribution in [3.63, 3.8) is 0 Å². The quantitative estimate of drug-likeness (QED) is 0.540. The first kappa shape index (κ1) is 8.74. The first-order chi connectivity index (χ1) is 4.31. The Bertz CT molecular complexity index is 80.0. The molecule has 0 atom stereocenters. The second-order valence-electron chi connectivity index (χ2n) is 2.37. The highest BCUT2D eigenvalue weighted by molar-refractivity contribution is 5.04. The molecule has 0 saturated carbocycles. The molecule has 0 heterocycles. The lowest BCUT2D eigenvalue weighted by atomic mass is 10.1. The van der Waals surface area contributed by atoms with Gasteiger partial charge in [-0.25, -0.2) is 0 Å². The number of rotatable bonds is 4. The van der Waals surface area contributed by atoms with E-state index in [1.807, 2.05) is 0 Å². The van der Waals surface area contributed by atoms with Crippen molar-refractivity contribution in [1.29, 1.82) is 0 Å². The molecule has 0 bridgehead atoms. The van der Waals surface area contributed by atoms with Gasteiger partial charge in [-0.1, -0.05) is 31.9 Å². The van der Waals surface area contributed by atoms with Gasteiger partial charge in [0.25, 0.3) is 0 Å². The maximum Gasteiger partial charge on any atom is -0.0283 e. The van der Waals surface area contributed by atoms with E-state index < -0.39 is 0 Å². The van der Waals surface area contributed by atoms with Crippen LogP contribution in [0.4, 0.5) is 0 Å². The normalized spacial score (nSPS) is 12.1. The van der Waals surface area contributed by atoms with E-state index in [1.54, 1.807) is 0 Å². The molecule has 0 aliphatic heterocycles. The lowest BCUT2D eigenvalue weighted by Crippen LogP contribution is -1.76. The Morgan fingerprint density at radius 3 is 2.56 bits per heavy atom. The summed E-state index contributed by atoms with van der Waals surface area (Å²) in [5, 5.41) is 0. The van der Waals surface area contributed by atoms with Gasteiger partial charge in [0.05, 0.1) is 0 Å². The molecule has 0 aromatic heterocycles. The molecule has 0 N–H and O–H groups in total. The van der Waals surface area contributed by atoms with E-state index >= 15 is 0 Å².